The normalized spacial score (nSPS) is 16.8. The molecule has 0 unspecified atom stereocenters. The molecule has 0 aromatic heterocycles. The van der Waals surface area contributed by atoms with Gasteiger partial charge in [0.1, 0.15) is 6.61 Å². The Hall–Kier alpha value is -1.34. The third-order valence-corrected chi connectivity index (χ3v) is 3.37. The molecule has 0 spiro atoms. The second-order valence-electron chi connectivity index (χ2n) is 5.74. The average Bonchev–Trinajstić information content (AvgIpc) is 2.43. The van der Waals surface area contributed by atoms with Crippen molar-refractivity contribution in [3.63, 3.8) is 0 Å². The van der Waals surface area contributed by atoms with Gasteiger partial charge >= 0.3 is 12.0 Å². The lowest BCUT2D eigenvalue weighted by atomic mass is 10.1. The van der Waals surface area contributed by atoms with Crippen LogP contribution in [0.2, 0.25) is 0 Å². The maximum atomic E-state index is 12.0. The largest absolute Gasteiger partial charge is 0.480 e. The molecular weight excluding hydrogens is 276 g/mol. The lowest BCUT2D eigenvalue weighted by molar-refractivity contribution is -0.145. The first-order valence-electron chi connectivity index (χ1n) is 7.34. The fourth-order valence-corrected chi connectivity index (χ4v) is 2.26. The maximum Gasteiger partial charge on any atom is 0.329 e. The van der Waals surface area contributed by atoms with Gasteiger partial charge in [0.15, 0.2) is 0 Å². The Labute approximate surface area is 125 Å². The van der Waals surface area contributed by atoms with Crippen molar-refractivity contribution in [1.29, 1.82) is 0 Å². The average molecular weight is 302 g/mol. The fourth-order valence-electron chi connectivity index (χ4n) is 2.26. The van der Waals surface area contributed by atoms with Crippen molar-refractivity contribution in [2.24, 2.45) is 0 Å². The molecule has 0 aromatic carbocycles. The summed E-state index contributed by atoms with van der Waals surface area (Å²) in [6.07, 6.45) is 1.25. The maximum absolute atomic E-state index is 12.0. The third-order valence-electron chi connectivity index (χ3n) is 3.37. The first-order valence-corrected chi connectivity index (χ1v) is 7.34. The van der Waals surface area contributed by atoms with Crippen molar-refractivity contribution in [2.45, 2.75) is 45.3 Å². The van der Waals surface area contributed by atoms with Crippen molar-refractivity contribution >= 4 is 12.0 Å². The molecule has 0 aliphatic carbocycles. The minimum atomic E-state index is -0.965. The number of hydrogen-bond acceptors (Lipinski definition) is 4. The van der Waals surface area contributed by atoms with Crippen molar-refractivity contribution in [3.8, 4) is 0 Å². The first-order chi connectivity index (χ1) is 9.84. The number of carbonyl (C=O) groups excluding carboxylic acids is 1. The van der Waals surface area contributed by atoms with Gasteiger partial charge in [0.2, 0.25) is 0 Å². The summed E-state index contributed by atoms with van der Waals surface area (Å²) in [7, 11) is 0. The molecule has 122 valence electrons. The minimum Gasteiger partial charge on any atom is -0.480 e. The molecule has 1 fully saturated rings. The highest BCUT2D eigenvalue weighted by Crippen LogP contribution is 2.14. The summed E-state index contributed by atoms with van der Waals surface area (Å²) in [6, 6.07) is -0.112. The quantitative estimate of drug-likeness (QED) is 0.734. The number of ether oxygens (including phenoxy) is 2. The summed E-state index contributed by atoms with van der Waals surface area (Å²) in [6.45, 7) is 7.72. The van der Waals surface area contributed by atoms with E-state index in [1.165, 1.54) is 0 Å². The van der Waals surface area contributed by atoms with Crippen LogP contribution in [0, 0.1) is 0 Å². The lowest BCUT2D eigenvalue weighted by Crippen LogP contribution is -2.49. The van der Waals surface area contributed by atoms with E-state index >= 15 is 0 Å². The molecular formula is C14H26N2O5. The molecule has 0 saturated carbocycles. The summed E-state index contributed by atoms with van der Waals surface area (Å²) in [5.41, 5.74) is -0.382. The van der Waals surface area contributed by atoms with Crippen molar-refractivity contribution < 1.29 is 24.2 Å². The van der Waals surface area contributed by atoms with Gasteiger partial charge in [-0.15, -0.1) is 0 Å². The van der Waals surface area contributed by atoms with E-state index in [1.807, 2.05) is 20.8 Å². The zero-order valence-corrected chi connectivity index (χ0v) is 13.1. The number of carboxylic acids is 1. The Bertz CT molecular complexity index is 351. The standard InChI is InChI=1S/C14H26N2O5/c1-4-21-14(2,3)10-15-13(19)16-7-5-11(6-8-16)20-9-12(17)18/h11H,4-10H2,1-3H3,(H,15,19)(H,17,18). The zero-order chi connectivity index (χ0) is 15.9. The van der Waals surface area contributed by atoms with E-state index in [1.54, 1.807) is 4.90 Å². The molecule has 21 heavy (non-hydrogen) atoms. The number of aliphatic carboxylic acids is 1. The Kier molecular flexibility index (Phi) is 6.91. The van der Waals surface area contributed by atoms with Crippen molar-refractivity contribution in [2.75, 3.05) is 32.8 Å². The van der Waals surface area contributed by atoms with Crippen LogP contribution in [0.15, 0.2) is 0 Å². The van der Waals surface area contributed by atoms with Gasteiger partial charge in [0, 0.05) is 26.2 Å². The third kappa shape index (κ3) is 6.77. The highest BCUT2D eigenvalue weighted by atomic mass is 16.5. The smallest absolute Gasteiger partial charge is 0.329 e. The monoisotopic (exact) mass is 302 g/mol. The molecule has 1 aliphatic rings. The number of carboxylic acid groups (broad SMARTS) is 1. The van der Waals surface area contributed by atoms with Crippen LogP contribution in [-0.2, 0) is 14.3 Å². The minimum absolute atomic E-state index is 0.0787. The van der Waals surface area contributed by atoms with E-state index in [-0.39, 0.29) is 24.3 Å². The topological polar surface area (TPSA) is 88.1 Å². The number of likely N-dealkylation sites (tertiary alicyclic amines) is 1. The molecule has 0 bridgehead atoms. The molecule has 0 radical (unpaired) electrons. The van der Waals surface area contributed by atoms with Gasteiger partial charge < -0.3 is 24.8 Å². The number of rotatable bonds is 7. The Balaban J connectivity index is 2.27. The van der Waals surface area contributed by atoms with E-state index in [0.717, 1.165) is 0 Å². The molecule has 1 aliphatic heterocycles. The molecule has 0 aromatic rings. The number of carbonyl (C=O) groups is 2. The van der Waals surface area contributed by atoms with Crippen LogP contribution in [0.3, 0.4) is 0 Å². The van der Waals surface area contributed by atoms with Gasteiger partial charge in [-0.3, -0.25) is 0 Å². The predicted octanol–water partition coefficient (Wildman–Crippen LogP) is 1.08. The summed E-state index contributed by atoms with van der Waals surface area (Å²) in [5.74, 6) is -0.965. The number of nitrogens with one attached hydrogen (secondary N) is 1. The van der Waals surface area contributed by atoms with Gasteiger partial charge in [-0.05, 0) is 33.6 Å². The molecule has 1 saturated heterocycles. The van der Waals surface area contributed by atoms with Gasteiger partial charge in [0.05, 0.1) is 11.7 Å². The molecule has 2 N–H and O–H groups in total. The van der Waals surface area contributed by atoms with Gasteiger partial charge in [-0.1, -0.05) is 0 Å². The second-order valence-corrected chi connectivity index (χ2v) is 5.74. The van der Waals surface area contributed by atoms with Crippen LogP contribution in [0.4, 0.5) is 4.79 Å². The molecule has 7 heteroatoms. The number of piperidine rings is 1. The number of urea groups is 1. The van der Waals surface area contributed by atoms with Crippen molar-refractivity contribution in [3.05, 3.63) is 0 Å². The number of nitrogens with zero attached hydrogens (tertiary/aromatic N) is 1. The van der Waals surface area contributed by atoms with E-state index in [9.17, 15) is 9.59 Å². The second kappa shape index (κ2) is 8.19. The summed E-state index contributed by atoms with van der Waals surface area (Å²) in [5, 5.41) is 11.4. The summed E-state index contributed by atoms with van der Waals surface area (Å²) < 4.78 is 10.8. The summed E-state index contributed by atoms with van der Waals surface area (Å²) in [4.78, 5) is 24.2. The van der Waals surface area contributed by atoms with Gasteiger partial charge in [-0.25, -0.2) is 9.59 Å². The van der Waals surface area contributed by atoms with Crippen LogP contribution in [0.1, 0.15) is 33.6 Å². The Morgan fingerprint density at radius 2 is 1.95 bits per heavy atom. The number of amides is 2. The van der Waals surface area contributed by atoms with E-state index in [4.69, 9.17) is 14.6 Å². The lowest BCUT2D eigenvalue weighted by Gasteiger charge is -2.33. The summed E-state index contributed by atoms with van der Waals surface area (Å²) >= 11 is 0. The zero-order valence-electron chi connectivity index (χ0n) is 13.1. The fraction of sp³-hybridized carbons (Fsp3) is 0.857. The predicted molar refractivity (Wildman–Crippen MR) is 77.3 cm³/mol. The highest BCUT2D eigenvalue weighted by molar-refractivity contribution is 5.74. The van der Waals surface area contributed by atoms with Crippen molar-refractivity contribution in [1.82, 2.24) is 10.2 Å². The molecule has 1 rings (SSSR count). The van der Waals surface area contributed by atoms with Gasteiger partial charge in [0.25, 0.3) is 0 Å². The van der Waals surface area contributed by atoms with E-state index in [2.05, 4.69) is 5.32 Å². The van der Waals surface area contributed by atoms with Crippen LogP contribution in [-0.4, -0.2) is 66.6 Å². The molecule has 2 amide bonds. The van der Waals surface area contributed by atoms with Crippen LogP contribution in [0.25, 0.3) is 0 Å². The van der Waals surface area contributed by atoms with Crippen LogP contribution in [0.5, 0.6) is 0 Å². The molecule has 1 heterocycles. The first kappa shape index (κ1) is 17.7. The molecule has 0 atom stereocenters. The van der Waals surface area contributed by atoms with E-state index in [0.29, 0.717) is 39.1 Å². The Morgan fingerprint density at radius 1 is 1.33 bits per heavy atom. The number of hydrogen-bond donors (Lipinski definition) is 2. The Morgan fingerprint density at radius 3 is 2.48 bits per heavy atom. The van der Waals surface area contributed by atoms with Crippen LogP contribution < -0.4 is 5.32 Å². The van der Waals surface area contributed by atoms with Crippen LogP contribution >= 0.6 is 0 Å². The molecule has 7 nitrogen and oxygen atoms in total. The SMILES string of the molecule is CCOC(C)(C)CNC(=O)N1CCC(OCC(=O)O)CC1. The van der Waals surface area contributed by atoms with Gasteiger partial charge in [-0.2, -0.15) is 0 Å². The van der Waals surface area contributed by atoms with E-state index < -0.39 is 5.97 Å². The highest BCUT2D eigenvalue weighted by Gasteiger charge is 2.25.